The molecule has 0 radical (unpaired) electrons. The fourth-order valence-corrected chi connectivity index (χ4v) is 3.90. The highest BCUT2D eigenvalue weighted by molar-refractivity contribution is 7.59. The van der Waals surface area contributed by atoms with E-state index in [0.717, 1.165) is 24.3 Å². The molecule has 2 unspecified atom stereocenters. The molecule has 170 valence electrons. The van der Waals surface area contributed by atoms with Crippen LogP contribution in [0.2, 0.25) is 0 Å². The van der Waals surface area contributed by atoms with Gasteiger partial charge in [-0.2, -0.15) is 31.8 Å². The summed E-state index contributed by atoms with van der Waals surface area (Å²) in [4.78, 5) is 0. The number of alkyl halides is 5. The molecule has 31 heavy (non-hydrogen) atoms. The maximum atomic E-state index is 13.8. The highest BCUT2D eigenvalue weighted by Crippen LogP contribution is 2.41. The lowest BCUT2D eigenvalue weighted by Gasteiger charge is -2.39. The first-order valence-electron chi connectivity index (χ1n) is 9.44. The predicted molar refractivity (Wildman–Crippen MR) is 115 cm³/mol. The Morgan fingerprint density at radius 1 is 1.06 bits per heavy atom. The maximum Gasteiger partial charge on any atom is 0.416 e. The number of halogens is 5. The van der Waals surface area contributed by atoms with Gasteiger partial charge in [0.05, 0.1) is 23.4 Å². The molecule has 3 aromatic rings. The zero-order valence-corrected chi connectivity index (χ0v) is 17.9. The third kappa shape index (κ3) is 4.50. The number of rotatable bonds is 7. The summed E-state index contributed by atoms with van der Waals surface area (Å²) < 4.78 is 67.9. The van der Waals surface area contributed by atoms with Gasteiger partial charge in [-0.25, -0.2) is 8.78 Å². The predicted octanol–water partition coefficient (Wildman–Crippen LogP) is 5.38. The van der Waals surface area contributed by atoms with Gasteiger partial charge in [0.2, 0.25) is 6.43 Å². The monoisotopic (exact) mass is 461 g/mol. The second-order valence-electron chi connectivity index (χ2n) is 7.06. The molecule has 0 spiro atoms. The van der Waals surface area contributed by atoms with Crippen molar-refractivity contribution in [2.24, 2.45) is 0 Å². The van der Waals surface area contributed by atoms with E-state index in [4.69, 9.17) is 0 Å². The van der Waals surface area contributed by atoms with Crippen molar-refractivity contribution >= 4 is 30.1 Å². The van der Waals surface area contributed by atoms with E-state index in [1.165, 1.54) is 10.9 Å². The number of aliphatic hydroxyl groups is 1. The van der Waals surface area contributed by atoms with Gasteiger partial charge in [0, 0.05) is 24.5 Å². The summed E-state index contributed by atoms with van der Waals surface area (Å²) in [5, 5.41) is 18.9. The van der Waals surface area contributed by atoms with E-state index in [0.29, 0.717) is 16.6 Å². The van der Waals surface area contributed by atoms with Crippen LogP contribution < -0.4 is 5.32 Å². The Labute approximate surface area is 183 Å². The van der Waals surface area contributed by atoms with Crippen LogP contribution in [-0.2, 0) is 11.7 Å². The van der Waals surface area contributed by atoms with Crippen LogP contribution in [0, 0.1) is 0 Å². The minimum Gasteiger partial charge on any atom is -0.390 e. The molecule has 2 aromatic carbocycles. The number of nitrogens with zero attached hydrogens (tertiary/aromatic N) is 2. The molecule has 3 rings (SSSR count). The SMILES string of the molecule is CCC(O)C(CC(F)F)(c1ccc(C(F)(F)F)cc1)n1ncc2c(NC)cccc21.S. The van der Waals surface area contributed by atoms with Crippen molar-refractivity contribution in [1.29, 1.82) is 0 Å². The van der Waals surface area contributed by atoms with Crippen molar-refractivity contribution in [3.63, 3.8) is 0 Å². The average Bonchev–Trinajstić information content (AvgIpc) is 3.15. The summed E-state index contributed by atoms with van der Waals surface area (Å²) in [5.74, 6) is 0. The minimum absolute atomic E-state index is 0. The van der Waals surface area contributed by atoms with Gasteiger partial charge in [0.1, 0.15) is 5.54 Å². The molecule has 1 heterocycles. The summed E-state index contributed by atoms with van der Waals surface area (Å²) in [6.45, 7) is 1.62. The number of benzene rings is 2. The summed E-state index contributed by atoms with van der Waals surface area (Å²) in [7, 11) is 1.70. The van der Waals surface area contributed by atoms with Gasteiger partial charge in [0.25, 0.3) is 0 Å². The molecule has 10 heteroatoms. The van der Waals surface area contributed by atoms with E-state index in [-0.39, 0.29) is 25.5 Å². The highest BCUT2D eigenvalue weighted by Gasteiger charge is 2.45. The molecule has 0 aliphatic rings. The average molecular weight is 462 g/mol. The van der Waals surface area contributed by atoms with E-state index >= 15 is 0 Å². The van der Waals surface area contributed by atoms with E-state index in [1.807, 2.05) is 0 Å². The van der Waals surface area contributed by atoms with E-state index in [2.05, 4.69) is 10.4 Å². The summed E-state index contributed by atoms with van der Waals surface area (Å²) in [6, 6.07) is 9.13. The second kappa shape index (κ2) is 9.44. The van der Waals surface area contributed by atoms with Crippen LogP contribution in [0.3, 0.4) is 0 Å². The number of aromatic nitrogens is 2. The van der Waals surface area contributed by atoms with Crippen LogP contribution in [0.25, 0.3) is 10.9 Å². The molecule has 0 bridgehead atoms. The van der Waals surface area contributed by atoms with Crippen molar-refractivity contribution in [1.82, 2.24) is 9.78 Å². The Hall–Kier alpha value is -2.33. The summed E-state index contributed by atoms with van der Waals surface area (Å²) in [6.07, 6.45) is -7.93. The van der Waals surface area contributed by atoms with Crippen molar-refractivity contribution in [3.05, 3.63) is 59.8 Å². The molecular formula is C21H24F5N3OS. The molecule has 0 aliphatic heterocycles. The number of hydrogen-bond donors (Lipinski definition) is 2. The molecular weight excluding hydrogens is 437 g/mol. The lowest BCUT2D eigenvalue weighted by Crippen LogP contribution is -2.48. The normalized spacial score (nSPS) is 14.9. The third-order valence-corrected chi connectivity index (χ3v) is 5.38. The molecule has 2 N–H and O–H groups in total. The topological polar surface area (TPSA) is 50.1 Å². The molecule has 4 nitrogen and oxygen atoms in total. The lowest BCUT2D eigenvalue weighted by atomic mass is 9.79. The van der Waals surface area contributed by atoms with Crippen molar-refractivity contribution < 1.29 is 27.1 Å². The Bertz CT molecular complexity index is 1010. The van der Waals surface area contributed by atoms with Crippen LogP contribution in [0.4, 0.5) is 27.6 Å². The summed E-state index contributed by atoms with van der Waals surface area (Å²) in [5.41, 5.74) is -1.32. The smallest absolute Gasteiger partial charge is 0.390 e. The Morgan fingerprint density at radius 3 is 2.19 bits per heavy atom. The zero-order valence-electron chi connectivity index (χ0n) is 16.9. The first-order chi connectivity index (χ1) is 14.1. The van der Waals surface area contributed by atoms with E-state index in [1.54, 1.807) is 32.2 Å². The largest absolute Gasteiger partial charge is 0.416 e. The van der Waals surface area contributed by atoms with Gasteiger partial charge in [0.15, 0.2) is 0 Å². The van der Waals surface area contributed by atoms with Crippen LogP contribution >= 0.6 is 13.5 Å². The van der Waals surface area contributed by atoms with Gasteiger partial charge in [-0.05, 0) is 36.2 Å². The lowest BCUT2D eigenvalue weighted by molar-refractivity contribution is -0.137. The molecule has 0 fully saturated rings. The van der Waals surface area contributed by atoms with Crippen molar-refractivity contribution in [2.45, 2.75) is 44.0 Å². The van der Waals surface area contributed by atoms with Gasteiger partial charge < -0.3 is 10.4 Å². The number of aliphatic hydroxyl groups excluding tert-OH is 1. The van der Waals surface area contributed by atoms with Crippen molar-refractivity contribution in [2.75, 3.05) is 12.4 Å². The standard InChI is InChI=1S/C21H22F5N3O.H2S/c1-3-18(30)20(11-19(22)23,13-7-9-14(10-8-13)21(24,25)26)29-17-6-4-5-16(27-2)15(17)12-28-29;/h4-10,12,18-19,27,30H,3,11H2,1-2H3;1H2. The number of nitrogens with one attached hydrogen (secondary N) is 1. The summed E-state index contributed by atoms with van der Waals surface area (Å²) >= 11 is 0. The van der Waals surface area contributed by atoms with Crippen molar-refractivity contribution in [3.8, 4) is 0 Å². The fourth-order valence-electron chi connectivity index (χ4n) is 3.90. The molecule has 0 amide bonds. The molecule has 0 saturated heterocycles. The highest BCUT2D eigenvalue weighted by atomic mass is 32.1. The van der Waals surface area contributed by atoms with Crippen LogP contribution in [-0.4, -0.2) is 34.5 Å². The van der Waals surface area contributed by atoms with Gasteiger partial charge in [-0.15, -0.1) is 0 Å². The van der Waals surface area contributed by atoms with Crippen LogP contribution in [0.1, 0.15) is 30.9 Å². The maximum absolute atomic E-state index is 13.8. The van der Waals surface area contributed by atoms with Crippen LogP contribution in [0.15, 0.2) is 48.7 Å². The Kier molecular flexibility index (Phi) is 7.59. The molecule has 1 aromatic heterocycles. The van der Waals surface area contributed by atoms with Gasteiger partial charge in [-0.3, -0.25) is 4.68 Å². The Balaban J connectivity index is 0.00000341. The van der Waals surface area contributed by atoms with Gasteiger partial charge in [-0.1, -0.05) is 25.1 Å². The molecule has 2 atom stereocenters. The molecule has 0 saturated carbocycles. The van der Waals surface area contributed by atoms with E-state index in [9.17, 15) is 27.1 Å². The Morgan fingerprint density at radius 2 is 1.68 bits per heavy atom. The number of fused-ring (bicyclic) bond motifs is 1. The number of anilines is 1. The van der Waals surface area contributed by atoms with Crippen LogP contribution in [0.5, 0.6) is 0 Å². The van der Waals surface area contributed by atoms with Gasteiger partial charge >= 0.3 is 6.18 Å². The van der Waals surface area contributed by atoms with E-state index < -0.39 is 36.2 Å². The molecule has 0 aliphatic carbocycles. The first-order valence-corrected chi connectivity index (χ1v) is 9.44. The minimum atomic E-state index is -4.56. The second-order valence-corrected chi connectivity index (χ2v) is 7.06. The number of hydrogen-bond acceptors (Lipinski definition) is 3. The zero-order chi connectivity index (χ0) is 22.1. The first kappa shape index (κ1) is 24.9. The fraction of sp³-hybridized carbons (Fsp3) is 0.381. The third-order valence-electron chi connectivity index (χ3n) is 5.38. The quantitative estimate of drug-likeness (QED) is 0.465.